The van der Waals surface area contributed by atoms with Crippen molar-refractivity contribution in [1.82, 2.24) is 4.98 Å². The van der Waals surface area contributed by atoms with Crippen LogP contribution in [0.1, 0.15) is 36.7 Å². The van der Waals surface area contributed by atoms with Gasteiger partial charge < -0.3 is 4.42 Å². The monoisotopic (exact) mass is 378 g/mol. The van der Waals surface area contributed by atoms with Gasteiger partial charge in [0.2, 0.25) is 0 Å². The van der Waals surface area contributed by atoms with E-state index >= 15 is 0 Å². The highest BCUT2D eigenvalue weighted by Crippen LogP contribution is 2.31. The number of benzene rings is 2. The minimum Gasteiger partial charge on any atom is -0.422 e. The molecule has 4 rings (SSSR count). The average molecular weight is 378 g/mol. The lowest BCUT2D eigenvalue weighted by Gasteiger charge is -2.18. The Kier molecular flexibility index (Phi) is 4.08. The van der Waals surface area contributed by atoms with Crippen LogP contribution in [0.2, 0.25) is 0 Å². The number of amides is 1. The van der Waals surface area contributed by atoms with E-state index in [2.05, 4.69) is 37.1 Å². The number of anilines is 1. The Morgan fingerprint density at radius 3 is 2.67 bits per heavy atom. The smallest absolute Gasteiger partial charge is 0.349 e. The fraction of sp³-hybridized carbons (Fsp3) is 0.190. The number of fused-ring (bicyclic) bond motifs is 2. The molecule has 0 saturated carbocycles. The molecule has 5 nitrogen and oxygen atoms in total. The molecule has 0 aliphatic rings. The van der Waals surface area contributed by atoms with Crippen LogP contribution in [0.15, 0.2) is 57.7 Å². The second-order valence-corrected chi connectivity index (χ2v) is 8.42. The second kappa shape index (κ2) is 6.32. The van der Waals surface area contributed by atoms with Crippen molar-refractivity contribution < 1.29 is 9.21 Å². The summed E-state index contributed by atoms with van der Waals surface area (Å²) in [4.78, 5) is 29.2. The first-order chi connectivity index (χ1) is 12.8. The standard InChI is InChI=1S/C21H18N2O3S/c1-21(2,3)13-8-9-15-17(11-13)27-20(22-15)23-18(24)14-10-12-6-4-5-7-16(12)26-19(14)25/h4-11H,1-3H3,(H,22,23,24). The number of nitrogens with one attached hydrogen (secondary N) is 1. The van der Waals surface area contributed by atoms with E-state index in [9.17, 15) is 9.59 Å². The predicted molar refractivity (Wildman–Crippen MR) is 109 cm³/mol. The van der Waals surface area contributed by atoms with Crippen LogP contribution >= 0.6 is 11.3 Å². The first kappa shape index (κ1) is 17.4. The van der Waals surface area contributed by atoms with Gasteiger partial charge in [0.05, 0.1) is 10.2 Å². The quantitative estimate of drug-likeness (QED) is 0.501. The van der Waals surface area contributed by atoms with Crippen molar-refractivity contribution in [2.75, 3.05) is 5.32 Å². The van der Waals surface area contributed by atoms with Crippen molar-refractivity contribution in [1.29, 1.82) is 0 Å². The van der Waals surface area contributed by atoms with Gasteiger partial charge in [-0.2, -0.15) is 0 Å². The third kappa shape index (κ3) is 3.36. The Bertz CT molecular complexity index is 1230. The molecule has 1 N–H and O–H groups in total. The molecule has 0 atom stereocenters. The fourth-order valence-electron chi connectivity index (χ4n) is 2.83. The summed E-state index contributed by atoms with van der Waals surface area (Å²) in [5.74, 6) is -0.524. The average Bonchev–Trinajstić information content (AvgIpc) is 3.01. The number of nitrogens with zero attached hydrogens (tertiary/aromatic N) is 1. The fourth-order valence-corrected chi connectivity index (χ4v) is 3.73. The normalized spacial score (nSPS) is 11.8. The number of para-hydroxylation sites is 1. The van der Waals surface area contributed by atoms with E-state index in [1.807, 2.05) is 18.2 Å². The van der Waals surface area contributed by atoms with Crippen molar-refractivity contribution in [3.05, 3.63) is 70.1 Å². The minimum atomic E-state index is -0.665. The molecule has 0 bridgehead atoms. The maximum Gasteiger partial charge on any atom is 0.349 e. The molecule has 0 unspecified atom stereocenters. The number of thiazole rings is 1. The van der Waals surface area contributed by atoms with E-state index in [0.717, 1.165) is 10.2 Å². The van der Waals surface area contributed by atoms with Crippen molar-refractivity contribution >= 4 is 43.6 Å². The Morgan fingerprint density at radius 2 is 1.89 bits per heavy atom. The molecule has 0 radical (unpaired) electrons. The van der Waals surface area contributed by atoms with E-state index < -0.39 is 11.5 Å². The molecular formula is C21H18N2O3S. The molecule has 0 aliphatic carbocycles. The third-order valence-corrected chi connectivity index (χ3v) is 5.29. The summed E-state index contributed by atoms with van der Waals surface area (Å²) in [7, 11) is 0. The van der Waals surface area contributed by atoms with Crippen molar-refractivity contribution in [2.45, 2.75) is 26.2 Å². The highest BCUT2D eigenvalue weighted by molar-refractivity contribution is 7.22. The van der Waals surface area contributed by atoms with Crippen LogP contribution < -0.4 is 10.9 Å². The summed E-state index contributed by atoms with van der Waals surface area (Å²) in [6.45, 7) is 6.45. The summed E-state index contributed by atoms with van der Waals surface area (Å²) in [5, 5.41) is 3.87. The molecule has 0 fully saturated rings. The molecule has 2 heterocycles. The summed E-state index contributed by atoms with van der Waals surface area (Å²) in [6.07, 6.45) is 0. The molecule has 1 amide bonds. The SMILES string of the molecule is CC(C)(C)c1ccc2nc(NC(=O)c3cc4ccccc4oc3=O)sc2c1. The largest absolute Gasteiger partial charge is 0.422 e. The van der Waals surface area contributed by atoms with Gasteiger partial charge in [-0.1, -0.05) is 56.4 Å². The number of carbonyl (C=O) groups excluding carboxylic acids is 1. The van der Waals surface area contributed by atoms with Crippen LogP contribution in [-0.4, -0.2) is 10.9 Å². The van der Waals surface area contributed by atoms with Gasteiger partial charge in [-0.3, -0.25) is 10.1 Å². The van der Waals surface area contributed by atoms with Crippen LogP contribution in [0.5, 0.6) is 0 Å². The zero-order chi connectivity index (χ0) is 19.2. The van der Waals surface area contributed by atoms with E-state index in [4.69, 9.17) is 4.42 Å². The van der Waals surface area contributed by atoms with Crippen LogP contribution in [0.3, 0.4) is 0 Å². The molecule has 4 aromatic rings. The van der Waals surface area contributed by atoms with Crippen LogP contribution in [0.25, 0.3) is 21.2 Å². The summed E-state index contributed by atoms with van der Waals surface area (Å²) in [6, 6.07) is 14.7. The molecule has 0 spiro atoms. The number of carbonyl (C=O) groups is 1. The van der Waals surface area contributed by atoms with Gasteiger partial charge in [0.1, 0.15) is 11.1 Å². The van der Waals surface area contributed by atoms with Crippen molar-refractivity contribution in [2.24, 2.45) is 0 Å². The number of aromatic nitrogens is 1. The van der Waals surface area contributed by atoms with Gasteiger partial charge in [-0.15, -0.1) is 0 Å². The lowest BCUT2D eigenvalue weighted by molar-refractivity contribution is 0.102. The third-order valence-electron chi connectivity index (χ3n) is 4.36. The summed E-state index contributed by atoms with van der Waals surface area (Å²) >= 11 is 1.38. The van der Waals surface area contributed by atoms with Gasteiger partial charge in [-0.25, -0.2) is 9.78 Å². The topological polar surface area (TPSA) is 72.2 Å². The first-order valence-corrected chi connectivity index (χ1v) is 9.38. The Labute approximate surface area is 159 Å². The highest BCUT2D eigenvalue weighted by Gasteiger charge is 2.18. The number of rotatable bonds is 2. The van der Waals surface area contributed by atoms with E-state index in [1.54, 1.807) is 24.3 Å². The molecule has 6 heteroatoms. The van der Waals surface area contributed by atoms with Gasteiger partial charge in [-0.05, 0) is 35.2 Å². The molecule has 2 aromatic heterocycles. The maximum absolute atomic E-state index is 12.6. The molecule has 0 saturated heterocycles. The molecular weight excluding hydrogens is 360 g/mol. The van der Waals surface area contributed by atoms with E-state index in [0.29, 0.717) is 16.1 Å². The highest BCUT2D eigenvalue weighted by atomic mass is 32.1. The molecule has 2 aromatic carbocycles. The Balaban J connectivity index is 1.67. The Hall–Kier alpha value is -2.99. The molecule has 136 valence electrons. The van der Waals surface area contributed by atoms with Crippen LogP contribution in [0, 0.1) is 0 Å². The minimum absolute atomic E-state index is 0.0334. The zero-order valence-corrected chi connectivity index (χ0v) is 16.0. The van der Waals surface area contributed by atoms with Gasteiger partial charge in [0.25, 0.3) is 5.91 Å². The van der Waals surface area contributed by atoms with Crippen LogP contribution in [0.4, 0.5) is 5.13 Å². The Morgan fingerprint density at radius 1 is 1.11 bits per heavy atom. The van der Waals surface area contributed by atoms with Gasteiger partial charge >= 0.3 is 5.63 Å². The van der Waals surface area contributed by atoms with Gasteiger partial charge in [0, 0.05) is 5.39 Å². The number of hydrogen-bond acceptors (Lipinski definition) is 5. The van der Waals surface area contributed by atoms with E-state index in [-0.39, 0.29) is 11.0 Å². The lowest BCUT2D eigenvalue weighted by atomic mass is 9.87. The summed E-state index contributed by atoms with van der Waals surface area (Å²) in [5.41, 5.74) is 1.80. The predicted octanol–water partition coefficient (Wildman–Crippen LogP) is 4.95. The van der Waals surface area contributed by atoms with Gasteiger partial charge in [0.15, 0.2) is 5.13 Å². The molecule has 27 heavy (non-hydrogen) atoms. The lowest BCUT2D eigenvalue weighted by Crippen LogP contribution is -2.20. The van der Waals surface area contributed by atoms with E-state index in [1.165, 1.54) is 16.9 Å². The number of hydrogen-bond donors (Lipinski definition) is 1. The van der Waals surface area contributed by atoms with Crippen molar-refractivity contribution in [3.63, 3.8) is 0 Å². The molecule has 0 aliphatic heterocycles. The first-order valence-electron chi connectivity index (χ1n) is 8.56. The van der Waals surface area contributed by atoms with Crippen LogP contribution in [-0.2, 0) is 5.41 Å². The van der Waals surface area contributed by atoms with Crippen molar-refractivity contribution in [3.8, 4) is 0 Å². The maximum atomic E-state index is 12.6. The summed E-state index contributed by atoms with van der Waals surface area (Å²) < 4.78 is 6.22. The second-order valence-electron chi connectivity index (χ2n) is 7.39. The zero-order valence-electron chi connectivity index (χ0n) is 15.2.